The topological polar surface area (TPSA) is 75.1 Å². The standard InChI is InChI=1S/C27H26N6OS/c1-19-9-2-3-10-20(19)30-24(34)14-18-33-26(25(31-27(33)35)21-11-4-6-15-28-21)22-12-8-17-32(22)23-13-5-7-16-29-23/h2-13,15-17,25-26H,14,18H2,1H3,(H,30,34)(H,31,35)/t25-,26-/m0/s1. The van der Waals surface area contributed by atoms with Crippen molar-refractivity contribution >= 4 is 28.9 Å². The van der Waals surface area contributed by atoms with Crippen molar-refractivity contribution in [3.8, 4) is 5.82 Å². The number of carbonyl (C=O) groups excluding carboxylic acids is 1. The van der Waals surface area contributed by atoms with Crippen LogP contribution in [0.5, 0.6) is 0 Å². The molecule has 3 aromatic heterocycles. The molecule has 0 aliphatic carbocycles. The van der Waals surface area contributed by atoms with Gasteiger partial charge in [-0.15, -0.1) is 0 Å². The zero-order valence-corrected chi connectivity index (χ0v) is 20.2. The summed E-state index contributed by atoms with van der Waals surface area (Å²) < 4.78 is 2.07. The molecule has 7 nitrogen and oxygen atoms in total. The molecule has 2 atom stereocenters. The summed E-state index contributed by atoms with van der Waals surface area (Å²) in [6.45, 7) is 2.44. The first kappa shape index (κ1) is 22.7. The molecule has 4 aromatic rings. The van der Waals surface area contributed by atoms with Crippen molar-refractivity contribution in [3.63, 3.8) is 0 Å². The SMILES string of the molecule is Cc1ccccc1NC(=O)CCN1C(=S)N[C@@H](c2ccccn2)[C@@H]1c1cccn1-c1ccccn1. The minimum absolute atomic E-state index is 0.0535. The number of aryl methyl sites for hydroxylation is 1. The van der Waals surface area contributed by atoms with Crippen LogP contribution in [0.15, 0.2) is 91.4 Å². The minimum atomic E-state index is -0.166. The van der Waals surface area contributed by atoms with Crippen LogP contribution in [0.2, 0.25) is 0 Å². The minimum Gasteiger partial charge on any atom is -0.352 e. The van der Waals surface area contributed by atoms with E-state index in [1.807, 2.05) is 79.9 Å². The second-order valence-electron chi connectivity index (χ2n) is 8.42. The quantitative estimate of drug-likeness (QED) is 0.376. The first-order chi connectivity index (χ1) is 17.1. The molecule has 1 aliphatic heterocycles. The Bertz CT molecular complexity index is 1320. The lowest BCUT2D eigenvalue weighted by Crippen LogP contribution is -2.33. The van der Waals surface area contributed by atoms with Crippen LogP contribution in [-0.2, 0) is 4.79 Å². The predicted molar refractivity (Wildman–Crippen MR) is 140 cm³/mol. The maximum absolute atomic E-state index is 12.8. The summed E-state index contributed by atoms with van der Waals surface area (Å²) in [7, 11) is 0. The van der Waals surface area contributed by atoms with Gasteiger partial charge in [-0.3, -0.25) is 9.78 Å². The van der Waals surface area contributed by atoms with Crippen LogP contribution in [-0.4, -0.2) is 37.0 Å². The Kier molecular flexibility index (Phi) is 6.54. The number of nitrogens with one attached hydrogen (secondary N) is 2. The third kappa shape index (κ3) is 4.79. The molecule has 1 aromatic carbocycles. The van der Waals surface area contributed by atoms with Gasteiger partial charge in [0.25, 0.3) is 0 Å². The van der Waals surface area contributed by atoms with Gasteiger partial charge in [0, 0.05) is 42.9 Å². The highest BCUT2D eigenvalue weighted by atomic mass is 32.1. The lowest BCUT2D eigenvalue weighted by molar-refractivity contribution is -0.116. The number of hydrogen-bond acceptors (Lipinski definition) is 4. The van der Waals surface area contributed by atoms with Crippen molar-refractivity contribution in [3.05, 3.63) is 108 Å². The molecule has 0 radical (unpaired) electrons. The molecule has 0 saturated carbocycles. The molecule has 8 heteroatoms. The van der Waals surface area contributed by atoms with Crippen LogP contribution >= 0.6 is 12.2 Å². The number of benzene rings is 1. The zero-order valence-electron chi connectivity index (χ0n) is 19.3. The number of carbonyl (C=O) groups is 1. The molecular formula is C27H26N6OS. The van der Waals surface area contributed by atoms with E-state index in [9.17, 15) is 4.79 Å². The average Bonchev–Trinajstić information content (AvgIpc) is 3.49. The van der Waals surface area contributed by atoms with Gasteiger partial charge < -0.3 is 20.1 Å². The highest BCUT2D eigenvalue weighted by Crippen LogP contribution is 2.39. The molecule has 1 fully saturated rings. The molecule has 35 heavy (non-hydrogen) atoms. The van der Waals surface area contributed by atoms with E-state index in [1.54, 1.807) is 12.4 Å². The van der Waals surface area contributed by atoms with E-state index in [0.29, 0.717) is 18.1 Å². The smallest absolute Gasteiger partial charge is 0.226 e. The first-order valence-electron chi connectivity index (χ1n) is 11.5. The van der Waals surface area contributed by atoms with Gasteiger partial charge in [-0.05, 0) is 67.2 Å². The summed E-state index contributed by atoms with van der Waals surface area (Å²) in [5.74, 6) is 0.768. The van der Waals surface area contributed by atoms with Crippen LogP contribution in [0.25, 0.3) is 5.82 Å². The number of anilines is 1. The Balaban J connectivity index is 1.44. The van der Waals surface area contributed by atoms with Crippen LogP contribution in [0.3, 0.4) is 0 Å². The third-order valence-electron chi connectivity index (χ3n) is 6.18. The molecule has 4 heterocycles. The summed E-state index contributed by atoms with van der Waals surface area (Å²) in [4.78, 5) is 24.1. The highest BCUT2D eigenvalue weighted by Gasteiger charge is 2.41. The number of hydrogen-bond donors (Lipinski definition) is 2. The van der Waals surface area contributed by atoms with Gasteiger partial charge in [-0.2, -0.15) is 0 Å². The first-order valence-corrected chi connectivity index (χ1v) is 11.9. The van der Waals surface area contributed by atoms with Crippen LogP contribution in [0.4, 0.5) is 5.69 Å². The second-order valence-corrected chi connectivity index (χ2v) is 8.81. The molecular weight excluding hydrogens is 456 g/mol. The van der Waals surface area contributed by atoms with Gasteiger partial charge in [0.05, 0.1) is 17.8 Å². The van der Waals surface area contributed by atoms with Gasteiger partial charge in [0.15, 0.2) is 5.11 Å². The van der Waals surface area contributed by atoms with Gasteiger partial charge >= 0.3 is 0 Å². The van der Waals surface area contributed by atoms with E-state index in [2.05, 4.69) is 36.1 Å². The molecule has 0 spiro atoms. The van der Waals surface area contributed by atoms with Crippen molar-refractivity contribution in [1.82, 2.24) is 24.8 Å². The fraction of sp³-hybridized carbons (Fsp3) is 0.185. The van der Waals surface area contributed by atoms with Gasteiger partial charge in [-0.1, -0.05) is 30.3 Å². The monoisotopic (exact) mass is 482 g/mol. The number of amides is 1. The second kappa shape index (κ2) is 10.1. The fourth-order valence-electron chi connectivity index (χ4n) is 4.46. The van der Waals surface area contributed by atoms with Gasteiger partial charge in [-0.25, -0.2) is 4.98 Å². The Morgan fingerprint density at radius 1 is 1.00 bits per heavy atom. The molecule has 1 saturated heterocycles. The van der Waals surface area contributed by atoms with Crippen LogP contribution in [0.1, 0.15) is 35.5 Å². The molecule has 1 amide bonds. The summed E-state index contributed by atoms with van der Waals surface area (Å²) in [5.41, 5.74) is 3.76. The summed E-state index contributed by atoms with van der Waals surface area (Å²) in [5, 5.41) is 7.07. The van der Waals surface area contributed by atoms with Gasteiger partial charge in [0.1, 0.15) is 5.82 Å². The maximum Gasteiger partial charge on any atom is 0.226 e. The molecule has 0 unspecified atom stereocenters. The molecule has 2 N–H and O–H groups in total. The van der Waals surface area contributed by atoms with Crippen molar-refractivity contribution < 1.29 is 4.79 Å². The number of rotatable bonds is 7. The van der Waals surface area contributed by atoms with E-state index in [4.69, 9.17) is 12.2 Å². The number of thiocarbonyl (C=S) groups is 1. The van der Waals surface area contributed by atoms with Gasteiger partial charge in [0.2, 0.25) is 5.91 Å². The summed E-state index contributed by atoms with van der Waals surface area (Å²) in [6.07, 6.45) is 5.86. The third-order valence-corrected chi connectivity index (χ3v) is 6.53. The van der Waals surface area contributed by atoms with Crippen LogP contribution < -0.4 is 10.6 Å². The maximum atomic E-state index is 12.8. The normalized spacial score (nSPS) is 17.3. The average molecular weight is 483 g/mol. The Morgan fingerprint density at radius 3 is 2.51 bits per heavy atom. The Labute approximate surface area is 209 Å². The van der Waals surface area contributed by atoms with Crippen molar-refractivity contribution in [2.75, 3.05) is 11.9 Å². The summed E-state index contributed by atoms with van der Waals surface area (Å²) >= 11 is 5.76. The Morgan fingerprint density at radius 2 is 1.77 bits per heavy atom. The predicted octanol–water partition coefficient (Wildman–Crippen LogP) is 4.58. The van der Waals surface area contributed by atoms with Crippen LogP contribution in [0, 0.1) is 6.92 Å². The highest BCUT2D eigenvalue weighted by molar-refractivity contribution is 7.80. The zero-order chi connectivity index (χ0) is 24.2. The molecule has 0 bridgehead atoms. The lowest BCUT2D eigenvalue weighted by Gasteiger charge is -2.28. The van der Waals surface area contributed by atoms with E-state index in [0.717, 1.165) is 28.5 Å². The molecule has 5 rings (SSSR count). The van der Waals surface area contributed by atoms with E-state index in [1.165, 1.54) is 0 Å². The number of para-hydroxylation sites is 1. The fourth-order valence-corrected chi connectivity index (χ4v) is 4.79. The van der Waals surface area contributed by atoms with E-state index >= 15 is 0 Å². The summed E-state index contributed by atoms with van der Waals surface area (Å²) in [6, 6.07) is 23.2. The largest absolute Gasteiger partial charge is 0.352 e. The Hall–Kier alpha value is -4.04. The van der Waals surface area contributed by atoms with E-state index in [-0.39, 0.29) is 18.0 Å². The number of aromatic nitrogens is 3. The molecule has 1 aliphatic rings. The van der Waals surface area contributed by atoms with Crippen molar-refractivity contribution in [1.29, 1.82) is 0 Å². The van der Waals surface area contributed by atoms with E-state index < -0.39 is 0 Å². The lowest BCUT2D eigenvalue weighted by atomic mass is 10.0. The van der Waals surface area contributed by atoms with Crippen molar-refractivity contribution in [2.45, 2.75) is 25.4 Å². The molecule has 176 valence electrons. The number of nitrogens with zero attached hydrogens (tertiary/aromatic N) is 4. The van der Waals surface area contributed by atoms with Crippen molar-refractivity contribution in [2.24, 2.45) is 0 Å². The number of pyridine rings is 2.